The third-order valence-electron chi connectivity index (χ3n) is 0.856. The standard InChI is InChI=1S/C5H5.C4H9N.2C2H6N.Nb/c1-2-4-5-3-1;1-4(2,3)5;2*1-3-2;/h1-5H;1-3H3;2*1-2H3;/q-1;;2*-1;. The van der Waals surface area contributed by atoms with E-state index in [4.69, 9.17) is 0 Å². The molecule has 101 valence electrons. The molecule has 3 nitrogen and oxygen atoms in total. The molecule has 0 aromatic heterocycles. The van der Waals surface area contributed by atoms with Crippen LogP contribution in [-0.4, -0.2) is 33.7 Å². The van der Waals surface area contributed by atoms with Crippen molar-refractivity contribution in [2.75, 3.05) is 28.2 Å². The van der Waals surface area contributed by atoms with Crippen LogP contribution in [-0.2, 0) is 20.9 Å². The summed E-state index contributed by atoms with van der Waals surface area (Å²) in [5, 5.41) is 7.00. The van der Waals surface area contributed by atoms with Gasteiger partial charge in [0.2, 0.25) is 0 Å². The van der Waals surface area contributed by atoms with Crippen molar-refractivity contribution in [2.24, 2.45) is 3.34 Å². The fourth-order valence-corrected chi connectivity index (χ4v) is 0.321. The van der Waals surface area contributed by atoms with Crippen LogP contribution in [0.1, 0.15) is 20.8 Å². The second-order valence-corrected chi connectivity index (χ2v) is 4.62. The smallest absolute Gasteiger partial charge is 0.162 e. The van der Waals surface area contributed by atoms with Crippen LogP contribution in [0.2, 0.25) is 0 Å². The quantitative estimate of drug-likeness (QED) is 0.509. The molecule has 1 aromatic carbocycles. The van der Waals surface area contributed by atoms with Gasteiger partial charge in [0.05, 0.1) is 0 Å². The average molecular weight is 317 g/mol. The molecule has 0 fully saturated rings. The Balaban J connectivity index is -0.000000162. The Labute approximate surface area is 120 Å². The molecular formula is C13H26N3Nb-3. The average Bonchev–Trinajstić information content (AvgIpc) is 2.77. The van der Waals surface area contributed by atoms with Gasteiger partial charge in [-0.25, -0.2) is 12.1 Å². The molecule has 0 N–H and O–H groups in total. The van der Waals surface area contributed by atoms with Gasteiger partial charge in [0.1, 0.15) is 0 Å². The van der Waals surface area contributed by atoms with Gasteiger partial charge in [-0.1, -0.05) is 0 Å². The molecule has 0 aliphatic carbocycles. The Kier molecular flexibility index (Phi) is 23.6. The molecule has 0 bridgehead atoms. The first-order valence-electron chi connectivity index (χ1n) is 5.38. The van der Waals surface area contributed by atoms with Crippen molar-refractivity contribution in [2.45, 2.75) is 26.3 Å². The molecule has 0 saturated carbocycles. The molecule has 0 heterocycles. The fraction of sp³-hybridized carbons (Fsp3) is 0.615. The van der Waals surface area contributed by atoms with E-state index in [0.717, 1.165) is 0 Å². The predicted octanol–water partition coefficient (Wildman–Crippen LogP) is 4.16. The van der Waals surface area contributed by atoms with Crippen molar-refractivity contribution < 1.29 is 20.9 Å². The minimum Gasteiger partial charge on any atom is -0.668 e. The van der Waals surface area contributed by atoms with Gasteiger partial charge in [0, 0.05) is 0 Å². The Bertz CT molecular complexity index is 184. The van der Waals surface area contributed by atoms with Crippen molar-refractivity contribution in [1.82, 2.24) is 0 Å². The summed E-state index contributed by atoms with van der Waals surface area (Å²) in [5.74, 6) is 0. The second kappa shape index (κ2) is 18.2. The zero-order valence-electron chi connectivity index (χ0n) is 12.2. The van der Waals surface area contributed by atoms with Gasteiger partial charge in [-0.05, 0) is 0 Å². The van der Waals surface area contributed by atoms with Gasteiger partial charge in [0.15, 0.2) is 0 Å². The maximum Gasteiger partial charge on any atom is -0.162 e. The van der Waals surface area contributed by atoms with Crippen LogP contribution in [0, 0.1) is 0 Å². The van der Waals surface area contributed by atoms with E-state index in [1.54, 1.807) is 28.2 Å². The van der Waals surface area contributed by atoms with Crippen LogP contribution in [0.15, 0.2) is 33.7 Å². The number of rotatable bonds is 0. The summed E-state index contributed by atoms with van der Waals surface area (Å²) in [7, 11) is 7.00. The maximum absolute atomic E-state index is 4.07. The molecule has 17 heavy (non-hydrogen) atoms. The summed E-state index contributed by atoms with van der Waals surface area (Å²) >= 11 is 1.52. The third kappa shape index (κ3) is 49.4. The molecule has 4 heteroatoms. The van der Waals surface area contributed by atoms with E-state index in [1.807, 2.05) is 30.3 Å². The van der Waals surface area contributed by atoms with E-state index in [0.29, 0.717) is 0 Å². The first-order valence-corrected chi connectivity index (χ1v) is 6.36. The zero-order valence-corrected chi connectivity index (χ0v) is 14.4. The normalized spacial score (nSPS) is 8.35. The summed E-state index contributed by atoms with van der Waals surface area (Å²) in [4.78, 5) is 0. The SMILES string of the molecule is CC(C)(C)[N]=[Nb].C[N-]C.C[N-]C.c1cc[cH-]c1. The molecule has 1 aromatic rings. The number of hydrogen-bond acceptors (Lipinski definition) is 1. The molecular weight excluding hydrogens is 291 g/mol. The van der Waals surface area contributed by atoms with Crippen LogP contribution >= 0.6 is 0 Å². The summed E-state index contributed by atoms with van der Waals surface area (Å²) < 4.78 is 4.07. The van der Waals surface area contributed by atoms with E-state index in [9.17, 15) is 0 Å². The molecule has 1 rings (SSSR count). The molecule has 0 radical (unpaired) electrons. The largest absolute Gasteiger partial charge is 0.668 e. The van der Waals surface area contributed by atoms with Gasteiger partial charge in [-0.3, -0.25) is 0 Å². The molecule has 0 aliphatic rings. The van der Waals surface area contributed by atoms with Crippen LogP contribution in [0.3, 0.4) is 0 Å². The monoisotopic (exact) mass is 317 g/mol. The van der Waals surface area contributed by atoms with Gasteiger partial charge in [-0.2, -0.15) is 46.4 Å². The predicted molar refractivity (Wildman–Crippen MR) is 74.6 cm³/mol. The van der Waals surface area contributed by atoms with Crippen LogP contribution in [0.25, 0.3) is 10.6 Å². The summed E-state index contributed by atoms with van der Waals surface area (Å²) in [6, 6.07) is 10.0. The number of hydrogen-bond donors (Lipinski definition) is 0. The van der Waals surface area contributed by atoms with Gasteiger partial charge in [-0.15, -0.1) is 0 Å². The van der Waals surface area contributed by atoms with Crippen LogP contribution in [0.4, 0.5) is 0 Å². The summed E-state index contributed by atoms with van der Waals surface area (Å²) in [5.41, 5.74) is 0.189. The van der Waals surface area contributed by atoms with E-state index in [-0.39, 0.29) is 5.54 Å². The Morgan fingerprint density at radius 1 is 0.941 bits per heavy atom. The van der Waals surface area contributed by atoms with E-state index in [1.165, 1.54) is 20.9 Å². The zero-order chi connectivity index (χ0) is 14.2. The first kappa shape index (κ1) is 22.0. The Morgan fingerprint density at radius 2 is 1.18 bits per heavy atom. The molecule has 0 atom stereocenters. The van der Waals surface area contributed by atoms with Crippen molar-refractivity contribution in [3.05, 3.63) is 41.0 Å². The van der Waals surface area contributed by atoms with Gasteiger partial charge >= 0.3 is 50.5 Å². The van der Waals surface area contributed by atoms with Crippen molar-refractivity contribution in [1.29, 1.82) is 0 Å². The van der Waals surface area contributed by atoms with Crippen molar-refractivity contribution in [3.63, 3.8) is 0 Å². The van der Waals surface area contributed by atoms with E-state index < -0.39 is 0 Å². The molecule has 0 amide bonds. The topological polar surface area (TPSA) is 40.6 Å². The third-order valence-corrected chi connectivity index (χ3v) is 2.33. The maximum atomic E-state index is 4.07. The fourth-order valence-electron chi connectivity index (χ4n) is 0.321. The minimum atomic E-state index is 0.189. The molecule has 0 saturated heterocycles. The van der Waals surface area contributed by atoms with Crippen molar-refractivity contribution >= 4 is 0 Å². The van der Waals surface area contributed by atoms with Crippen LogP contribution < -0.4 is 0 Å². The van der Waals surface area contributed by atoms with Crippen molar-refractivity contribution in [3.8, 4) is 0 Å². The molecule has 0 spiro atoms. The summed E-state index contributed by atoms with van der Waals surface area (Å²) in [6.07, 6.45) is 0. The Hall–Kier alpha value is -0.190. The summed E-state index contributed by atoms with van der Waals surface area (Å²) in [6.45, 7) is 6.27. The molecule has 0 unspecified atom stereocenters. The molecule has 0 aliphatic heterocycles. The second-order valence-electron chi connectivity index (χ2n) is 4.13. The number of nitrogens with zero attached hydrogens (tertiary/aromatic N) is 3. The minimum absolute atomic E-state index is 0.189. The van der Waals surface area contributed by atoms with Gasteiger partial charge < -0.3 is 10.6 Å². The van der Waals surface area contributed by atoms with E-state index >= 15 is 0 Å². The van der Waals surface area contributed by atoms with Gasteiger partial charge in [0.25, 0.3) is 0 Å². The first-order chi connectivity index (χ1) is 7.89. The van der Waals surface area contributed by atoms with E-state index in [2.05, 4.69) is 34.7 Å². The van der Waals surface area contributed by atoms with Crippen LogP contribution in [0.5, 0.6) is 0 Å². The Morgan fingerprint density at radius 3 is 1.24 bits per heavy atom.